The number of esters is 1. The van der Waals surface area contributed by atoms with Gasteiger partial charge in [-0.25, -0.2) is 9.79 Å². The van der Waals surface area contributed by atoms with E-state index in [1.54, 1.807) is 44.2 Å². The lowest BCUT2D eigenvalue weighted by molar-refractivity contribution is -0.384. The minimum Gasteiger partial charge on any atom is -0.463 e. The lowest BCUT2D eigenvalue weighted by Gasteiger charge is -2.24. The summed E-state index contributed by atoms with van der Waals surface area (Å²) in [5, 5.41) is 11.8. The van der Waals surface area contributed by atoms with Crippen LogP contribution in [0.2, 0.25) is 5.02 Å². The fraction of sp³-hybridized carbons (Fsp3) is 0.179. The topological polar surface area (TPSA) is 135 Å². The van der Waals surface area contributed by atoms with E-state index in [9.17, 15) is 19.7 Å². The minimum atomic E-state index is -0.828. The zero-order valence-corrected chi connectivity index (χ0v) is 23.2. The highest BCUT2D eigenvalue weighted by molar-refractivity contribution is 7.07. The first-order chi connectivity index (χ1) is 19.7. The maximum Gasteiger partial charge on any atom is 0.338 e. The molecule has 2 aromatic heterocycles. The van der Waals surface area contributed by atoms with Crippen LogP contribution in [0.5, 0.6) is 11.5 Å². The van der Waals surface area contributed by atoms with Crippen LogP contribution in [0.15, 0.2) is 74.0 Å². The highest BCUT2D eigenvalue weighted by Gasteiger charge is 2.34. The molecule has 2 aliphatic heterocycles. The number of nitrogens with zero attached hydrogens (tertiary/aromatic N) is 3. The second-order valence-electron chi connectivity index (χ2n) is 9.04. The average Bonchev–Trinajstić information content (AvgIpc) is 3.67. The lowest BCUT2D eigenvalue weighted by atomic mass is 9.95. The largest absolute Gasteiger partial charge is 0.463 e. The summed E-state index contributed by atoms with van der Waals surface area (Å²) in [6.45, 7) is 3.63. The van der Waals surface area contributed by atoms with Crippen molar-refractivity contribution in [2.45, 2.75) is 19.9 Å². The second kappa shape index (κ2) is 10.4. The van der Waals surface area contributed by atoms with Crippen molar-refractivity contribution in [2.75, 3.05) is 13.4 Å². The SMILES string of the molecule is CCOC(=O)C1=C(C)N=c2s/c(=C/c3ccc(-c4ccc(Cl)cc4[N+](=O)[O-])o3)c(=O)n2C1c1ccc2c(c1)OCO2. The van der Waals surface area contributed by atoms with Crippen LogP contribution in [-0.2, 0) is 9.53 Å². The summed E-state index contributed by atoms with van der Waals surface area (Å²) in [5.74, 6) is 1.03. The Hall–Kier alpha value is -4.68. The van der Waals surface area contributed by atoms with Crippen molar-refractivity contribution in [3.63, 3.8) is 0 Å². The van der Waals surface area contributed by atoms with E-state index >= 15 is 0 Å². The van der Waals surface area contributed by atoms with E-state index in [0.29, 0.717) is 37.9 Å². The summed E-state index contributed by atoms with van der Waals surface area (Å²) >= 11 is 7.06. The molecule has 0 fully saturated rings. The highest BCUT2D eigenvalue weighted by atomic mass is 35.5. The summed E-state index contributed by atoms with van der Waals surface area (Å²) in [6, 6.07) is 11.9. The number of halogens is 1. The molecular weight excluding hydrogens is 574 g/mol. The molecule has 2 aromatic carbocycles. The molecular formula is C28H20ClN3O8S. The molecule has 4 heterocycles. The van der Waals surface area contributed by atoms with E-state index < -0.39 is 22.5 Å². The van der Waals surface area contributed by atoms with Crippen LogP contribution in [0.25, 0.3) is 17.4 Å². The van der Waals surface area contributed by atoms with Gasteiger partial charge in [0.1, 0.15) is 11.5 Å². The van der Waals surface area contributed by atoms with E-state index in [-0.39, 0.29) is 41.0 Å². The van der Waals surface area contributed by atoms with Gasteiger partial charge in [-0.1, -0.05) is 29.0 Å². The van der Waals surface area contributed by atoms with Crippen molar-refractivity contribution in [3.8, 4) is 22.8 Å². The molecule has 0 saturated carbocycles. The van der Waals surface area contributed by atoms with Gasteiger partial charge in [-0.05, 0) is 55.8 Å². The Labute approximate surface area is 240 Å². The second-order valence-corrected chi connectivity index (χ2v) is 10.5. The number of benzene rings is 2. The molecule has 6 rings (SSSR count). The predicted molar refractivity (Wildman–Crippen MR) is 149 cm³/mol. The molecule has 1 atom stereocenters. The van der Waals surface area contributed by atoms with E-state index in [1.165, 1.54) is 28.8 Å². The molecule has 0 radical (unpaired) electrons. The van der Waals surface area contributed by atoms with Gasteiger partial charge in [-0.2, -0.15) is 0 Å². The van der Waals surface area contributed by atoms with Gasteiger partial charge in [0.2, 0.25) is 6.79 Å². The molecule has 0 N–H and O–H groups in total. The first kappa shape index (κ1) is 26.5. The number of nitro benzene ring substituents is 1. The fourth-order valence-electron chi connectivity index (χ4n) is 4.76. The molecule has 0 bridgehead atoms. The monoisotopic (exact) mass is 593 g/mol. The number of thiazole rings is 1. The molecule has 0 aliphatic carbocycles. The van der Waals surface area contributed by atoms with Crippen molar-refractivity contribution in [2.24, 2.45) is 4.99 Å². The Bertz CT molecular complexity index is 1950. The van der Waals surface area contributed by atoms with Crippen molar-refractivity contribution in [3.05, 3.63) is 106 Å². The molecule has 4 aromatic rings. The van der Waals surface area contributed by atoms with Crippen molar-refractivity contribution in [1.82, 2.24) is 4.57 Å². The Morgan fingerprint density at radius 1 is 1.22 bits per heavy atom. The quantitative estimate of drug-likeness (QED) is 0.183. The summed E-state index contributed by atoms with van der Waals surface area (Å²) in [5.41, 5.74) is 0.923. The van der Waals surface area contributed by atoms with Gasteiger partial charge in [0, 0.05) is 17.2 Å². The van der Waals surface area contributed by atoms with Crippen LogP contribution >= 0.6 is 22.9 Å². The standard InChI is InChI=1S/C28H20ClN3O8S/c1-3-37-27(34)24-14(2)30-28-31(25(24)15-4-8-21-22(10-15)39-13-38-21)26(33)23(41-28)12-17-6-9-20(40-17)18-7-5-16(29)11-19(18)32(35)36/h4-12,25H,3,13H2,1-2H3/b23-12+. The Morgan fingerprint density at radius 3 is 2.80 bits per heavy atom. The number of nitro groups is 1. The fourth-order valence-corrected chi connectivity index (χ4v) is 5.95. The van der Waals surface area contributed by atoms with Crippen LogP contribution in [0.1, 0.15) is 31.2 Å². The molecule has 0 amide bonds. The predicted octanol–water partition coefficient (Wildman–Crippen LogP) is 4.35. The third-order valence-corrected chi connectivity index (χ3v) is 7.77. The van der Waals surface area contributed by atoms with Gasteiger partial charge in [-0.3, -0.25) is 19.5 Å². The van der Waals surface area contributed by atoms with Crippen LogP contribution in [0.3, 0.4) is 0 Å². The van der Waals surface area contributed by atoms with Crippen molar-refractivity contribution in [1.29, 1.82) is 0 Å². The zero-order valence-electron chi connectivity index (χ0n) is 21.6. The molecule has 2 aliphatic rings. The number of furan rings is 1. The summed E-state index contributed by atoms with van der Waals surface area (Å²) in [7, 11) is 0. The first-order valence-corrected chi connectivity index (χ1v) is 13.6. The number of aromatic nitrogens is 1. The summed E-state index contributed by atoms with van der Waals surface area (Å²) in [4.78, 5) is 42.9. The van der Waals surface area contributed by atoms with Crippen LogP contribution < -0.4 is 24.4 Å². The van der Waals surface area contributed by atoms with Gasteiger partial charge in [0.15, 0.2) is 16.3 Å². The smallest absolute Gasteiger partial charge is 0.338 e. The van der Waals surface area contributed by atoms with E-state index in [1.807, 2.05) is 0 Å². The zero-order chi connectivity index (χ0) is 28.8. The third kappa shape index (κ3) is 4.70. The molecule has 11 nitrogen and oxygen atoms in total. The summed E-state index contributed by atoms with van der Waals surface area (Å²) < 4.78 is 23.9. The molecule has 0 spiro atoms. The summed E-state index contributed by atoms with van der Waals surface area (Å²) in [6.07, 6.45) is 1.54. The number of ether oxygens (including phenoxy) is 3. The number of carbonyl (C=O) groups is 1. The number of hydrogen-bond acceptors (Lipinski definition) is 10. The van der Waals surface area contributed by atoms with E-state index in [2.05, 4.69) is 4.99 Å². The Kier molecular flexibility index (Phi) is 6.72. The molecule has 208 valence electrons. The van der Waals surface area contributed by atoms with Crippen LogP contribution in [-0.4, -0.2) is 28.9 Å². The van der Waals surface area contributed by atoms with Gasteiger partial charge < -0.3 is 18.6 Å². The molecule has 41 heavy (non-hydrogen) atoms. The van der Waals surface area contributed by atoms with Gasteiger partial charge >= 0.3 is 5.97 Å². The third-order valence-electron chi connectivity index (χ3n) is 6.55. The number of carbonyl (C=O) groups excluding carboxylic acids is 1. The number of allylic oxidation sites excluding steroid dienone is 1. The lowest BCUT2D eigenvalue weighted by Crippen LogP contribution is -2.39. The maximum atomic E-state index is 13.8. The van der Waals surface area contributed by atoms with Gasteiger partial charge in [0.05, 0.1) is 38.9 Å². The molecule has 1 unspecified atom stereocenters. The van der Waals surface area contributed by atoms with Crippen LogP contribution in [0, 0.1) is 10.1 Å². The molecule has 0 saturated heterocycles. The highest BCUT2D eigenvalue weighted by Crippen LogP contribution is 2.38. The van der Waals surface area contributed by atoms with Gasteiger partial charge in [-0.15, -0.1) is 0 Å². The number of hydrogen-bond donors (Lipinski definition) is 0. The van der Waals surface area contributed by atoms with Crippen LogP contribution in [0.4, 0.5) is 5.69 Å². The average molecular weight is 594 g/mol. The van der Waals surface area contributed by atoms with E-state index in [4.69, 9.17) is 30.2 Å². The van der Waals surface area contributed by atoms with Crippen molar-refractivity contribution < 1.29 is 28.3 Å². The number of fused-ring (bicyclic) bond motifs is 2. The maximum absolute atomic E-state index is 13.8. The van der Waals surface area contributed by atoms with E-state index in [0.717, 1.165) is 11.3 Å². The van der Waals surface area contributed by atoms with Gasteiger partial charge in [0.25, 0.3) is 11.2 Å². The first-order valence-electron chi connectivity index (χ1n) is 12.4. The minimum absolute atomic E-state index is 0.0749. The Morgan fingerprint density at radius 2 is 2.02 bits per heavy atom. The normalized spacial score (nSPS) is 16.0. The number of rotatable bonds is 6. The van der Waals surface area contributed by atoms with Crippen molar-refractivity contribution >= 4 is 40.7 Å². The molecule has 13 heteroatoms. The Balaban J connectivity index is 1.47.